The summed E-state index contributed by atoms with van der Waals surface area (Å²) in [5.41, 5.74) is 1.56. The van der Waals surface area contributed by atoms with Crippen LogP contribution in [0.2, 0.25) is 0 Å². The average Bonchev–Trinajstić information content (AvgIpc) is 3.02. The molecule has 2 aromatic rings. The van der Waals surface area contributed by atoms with Crippen molar-refractivity contribution in [3.8, 4) is 11.5 Å². The maximum atomic E-state index is 12.3. The minimum Gasteiger partial charge on any atom is -0.493 e. The molecule has 0 radical (unpaired) electrons. The first-order valence-corrected chi connectivity index (χ1v) is 7.52. The Labute approximate surface area is 137 Å². The highest BCUT2D eigenvalue weighted by atomic mass is 16.5. The monoisotopic (exact) mass is 316 g/mol. The fraction of sp³-hybridized carbons (Fsp3) is 0.389. The molecule has 1 N–H and O–H groups in total. The molecule has 0 atom stereocenters. The molecule has 0 aliphatic rings. The third kappa shape index (κ3) is 4.06. The fourth-order valence-corrected chi connectivity index (χ4v) is 2.22. The van der Waals surface area contributed by atoms with E-state index in [1.165, 1.54) is 0 Å². The number of carbonyl (C=O) groups is 1. The van der Waals surface area contributed by atoms with Gasteiger partial charge in [0.1, 0.15) is 0 Å². The van der Waals surface area contributed by atoms with Crippen molar-refractivity contribution >= 4 is 5.91 Å². The van der Waals surface area contributed by atoms with Crippen LogP contribution in [0.4, 0.5) is 0 Å². The molecule has 0 bridgehead atoms. The van der Waals surface area contributed by atoms with Crippen LogP contribution in [0.5, 0.6) is 11.5 Å². The Balaban J connectivity index is 2.03. The van der Waals surface area contributed by atoms with E-state index in [4.69, 9.17) is 9.47 Å². The molecule has 1 amide bonds. The van der Waals surface area contributed by atoms with Crippen LogP contribution in [0.15, 0.2) is 36.7 Å². The van der Waals surface area contributed by atoms with E-state index in [-0.39, 0.29) is 11.4 Å². The van der Waals surface area contributed by atoms with Crippen molar-refractivity contribution in [3.63, 3.8) is 0 Å². The van der Waals surface area contributed by atoms with Gasteiger partial charge in [-0.05, 0) is 44.5 Å². The number of carbonyl (C=O) groups excluding carboxylic acids is 1. The third-order valence-corrected chi connectivity index (χ3v) is 3.63. The maximum Gasteiger partial charge on any atom is 0.253 e. The topological polar surface area (TPSA) is 52.5 Å². The molecule has 0 aliphatic heterocycles. The Bertz CT molecular complexity index is 684. The highest BCUT2D eigenvalue weighted by Gasteiger charge is 2.15. The molecule has 0 aliphatic carbocycles. The molecule has 5 nitrogen and oxygen atoms in total. The van der Waals surface area contributed by atoms with Crippen molar-refractivity contribution in [2.75, 3.05) is 14.2 Å². The van der Waals surface area contributed by atoms with E-state index in [0.29, 0.717) is 23.6 Å². The van der Waals surface area contributed by atoms with Crippen LogP contribution in [-0.2, 0) is 12.1 Å². The molecule has 23 heavy (non-hydrogen) atoms. The molecule has 2 rings (SSSR count). The van der Waals surface area contributed by atoms with Gasteiger partial charge in [-0.1, -0.05) is 6.07 Å². The summed E-state index contributed by atoms with van der Waals surface area (Å²) in [5, 5.41) is 2.92. The van der Waals surface area contributed by atoms with Crippen LogP contribution in [0.25, 0.3) is 0 Å². The Morgan fingerprint density at radius 3 is 2.39 bits per heavy atom. The lowest BCUT2D eigenvalue weighted by Crippen LogP contribution is -2.23. The van der Waals surface area contributed by atoms with Crippen molar-refractivity contribution in [3.05, 3.63) is 47.8 Å². The van der Waals surface area contributed by atoms with Gasteiger partial charge in [0.15, 0.2) is 11.5 Å². The van der Waals surface area contributed by atoms with E-state index < -0.39 is 0 Å². The van der Waals surface area contributed by atoms with Gasteiger partial charge in [-0.3, -0.25) is 4.79 Å². The predicted molar refractivity (Wildman–Crippen MR) is 90.1 cm³/mol. The van der Waals surface area contributed by atoms with Crippen LogP contribution in [0.1, 0.15) is 36.7 Å². The summed E-state index contributed by atoms with van der Waals surface area (Å²) in [6.07, 6.45) is 3.79. The summed E-state index contributed by atoms with van der Waals surface area (Å²) in [7, 11) is 3.19. The zero-order chi connectivity index (χ0) is 17.0. The van der Waals surface area contributed by atoms with Gasteiger partial charge >= 0.3 is 0 Å². The van der Waals surface area contributed by atoms with Crippen molar-refractivity contribution in [1.82, 2.24) is 9.88 Å². The summed E-state index contributed by atoms with van der Waals surface area (Å²) in [4.78, 5) is 12.3. The molecule has 1 aromatic carbocycles. The Morgan fingerprint density at radius 2 is 1.83 bits per heavy atom. The summed E-state index contributed by atoms with van der Waals surface area (Å²) < 4.78 is 12.5. The smallest absolute Gasteiger partial charge is 0.253 e. The molecular formula is C18H24N2O3. The van der Waals surface area contributed by atoms with Crippen LogP contribution in [-0.4, -0.2) is 24.7 Å². The van der Waals surface area contributed by atoms with Crippen LogP contribution >= 0.6 is 0 Å². The predicted octanol–water partition coefficient (Wildman–Crippen LogP) is 3.19. The minimum absolute atomic E-state index is 0.0398. The summed E-state index contributed by atoms with van der Waals surface area (Å²) in [6.45, 7) is 6.72. The van der Waals surface area contributed by atoms with Gasteiger partial charge in [0.25, 0.3) is 5.91 Å². The number of amides is 1. The van der Waals surface area contributed by atoms with E-state index in [0.717, 1.165) is 5.56 Å². The number of nitrogens with zero attached hydrogens (tertiary/aromatic N) is 1. The van der Waals surface area contributed by atoms with E-state index in [1.807, 2.05) is 41.2 Å². The van der Waals surface area contributed by atoms with Crippen molar-refractivity contribution in [2.45, 2.75) is 32.9 Å². The van der Waals surface area contributed by atoms with Gasteiger partial charge in [0.2, 0.25) is 0 Å². The van der Waals surface area contributed by atoms with Gasteiger partial charge in [-0.15, -0.1) is 0 Å². The first-order valence-electron chi connectivity index (χ1n) is 7.52. The second-order valence-electron chi connectivity index (χ2n) is 6.35. The number of ether oxygens (including phenoxy) is 2. The lowest BCUT2D eigenvalue weighted by Gasteiger charge is -2.20. The van der Waals surface area contributed by atoms with Crippen molar-refractivity contribution in [2.24, 2.45) is 0 Å². The fourth-order valence-electron chi connectivity index (χ4n) is 2.22. The van der Waals surface area contributed by atoms with Gasteiger partial charge in [-0.2, -0.15) is 0 Å². The zero-order valence-corrected chi connectivity index (χ0v) is 14.3. The summed E-state index contributed by atoms with van der Waals surface area (Å²) in [5.74, 6) is 1.23. The number of methoxy groups -OCH3 is 2. The number of nitrogens with one attached hydrogen (secondary N) is 1. The average molecular weight is 316 g/mol. The number of benzene rings is 1. The second kappa shape index (κ2) is 6.77. The maximum absolute atomic E-state index is 12.3. The molecule has 0 saturated heterocycles. The molecule has 0 spiro atoms. The Hall–Kier alpha value is -2.43. The number of hydrogen-bond donors (Lipinski definition) is 1. The Morgan fingerprint density at radius 1 is 1.13 bits per heavy atom. The zero-order valence-electron chi connectivity index (χ0n) is 14.3. The number of aromatic nitrogens is 1. The SMILES string of the molecule is COc1ccc(CNC(=O)c2ccn(C(C)(C)C)c2)cc1OC. The highest BCUT2D eigenvalue weighted by Crippen LogP contribution is 2.27. The standard InChI is InChI=1S/C18H24N2O3/c1-18(2,3)20-9-8-14(12-20)17(21)19-11-13-6-7-15(22-4)16(10-13)23-5/h6-10,12H,11H2,1-5H3,(H,19,21). The Kier molecular flexibility index (Phi) is 4.98. The molecule has 1 heterocycles. The first-order chi connectivity index (χ1) is 10.8. The van der Waals surface area contributed by atoms with Gasteiger partial charge in [0, 0.05) is 24.5 Å². The molecular weight excluding hydrogens is 292 g/mol. The minimum atomic E-state index is -0.0946. The van der Waals surface area contributed by atoms with Crippen molar-refractivity contribution < 1.29 is 14.3 Å². The molecule has 0 fully saturated rings. The number of hydrogen-bond acceptors (Lipinski definition) is 3. The lowest BCUT2D eigenvalue weighted by atomic mass is 10.1. The lowest BCUT2D eigenvalue weighted by molar-refractivity contribution is 0.0950. The largest absolute Gasteiger partial charge is 0.493 e. The van der Waals surface area contributed by atoms with E-state index in [1.54, 1.807) is 14.2 Å². The molecule has 0 saturated carbocycles. The molecule has 5 heteroatoms. The van der Waals surface area contributed by atoms with E-state index in [2.05, 4.69) is 26.1 Å². The van der Waals surface area contributed by atoms with Crippen LogP contribution in [0, 0.1) is 0 Å². The molecule has 0 unspecified atom stereocenters. The summed E-state index contributed by atoms with van der Waals surface area (Å²) in [6, 6.07) is 7.42. The van der Waals surface area contributed by atoms with E-state index >= 15 is 0 Å². The molecule has 124 valence electrons. The van der Waals surface area contributed by atoms with Gasteiger partial charge in [0.05, 0.1) is 19.8 Å². The van der Waals surface area contributed by atoms with Crippen molar-refractivity contribution in [1.29, 1.82) is 0 Å². The summed E-state index contributed by atoms with van der Waals surface area (Å²) >= 11 is 0. The van der Waals surface area contributed by atoms with Crippen LogP contribution < -0.4 is 14.8 Å². The third-order valence-electron chi connectivity index (χ3n) is 3.63. The molecule has 1 aromatic heterocycles. The number of rotatable bonds is 5. The quantitative estimate of drug-likeness (QED) is 0.921. The van der Waals surface area contributed by atoms with Gasteiger partial charge < -0.3 is 19.4 Å². The first kappa shape index (κ1) is 16.9. The van der Waals surface area contributed by atoms with Gasteiger partial charge in [-0.25, -0.2) is 0 Å². The van der Waals surface area contributed by atoms with Crippen LogP contribution in [0.3, 0.4) is 0 Å². The second-order valence-corrected chi connectivity index (χ2v) is 6.35. The highest BCUT2D eigenvalue weighted by molar-refractivity contribution is 5.94. The normalized spacial score (nSPS) is 11.2. The van der Waals surface area contributed by atoms with E-state index in [9.17, 15) is 4.79 Å².